The van der Waals surface area contributed by atoms with Crippen LogP contribution in [0.4, 0.5) is 0 Å². The highest BCUT2D eigenvalue weighted by molar-refractivity contribution is 5.90. The molecule has 0 saturated heterocycles. The second-order valence-corrected chi connectivity index (χ2v) is 4.20. The summed E-state index contributed by atoms with van der Waals surface area (Å²) in [7, 11) is 0. The summed E-state index contributed by atoms with van der Waals surface area (Å²) in [6.45, 7) is 0. The molecular formula is C16H14O2. The molecule has 2 heteroatoms. The van der Waals surface area contributed by atoms with Crippen molar-refractivity contribution >= 4 is 16.7 Å². The summed E-state index contributed by atoms with van der Waals surface area (Å²) in [6.07, 6.45) is 6.17. The zero-order valence-corrected chi connectivity index (χ0v) is 9.97. The number of aliphatic carboxylic acids is 1. The smallest absolute Gasteiger partial charge is 0.311 e. The predicted molar refractivity (Wildman–Crippen MR) is 72.4 cm³/mol. The molecule has 0 bridgehead atoms. The standard InChI is InChI=1S/C16H14O2/c1-2-3-9-15(16(17)18)14-11-6-8-12-7-4-5-10-13(12)14/h1,4-8,10-11,15H,3,9H2,(H,17,18)/t15-/m0/s1. The van der Waals surface area contributed by atoms with Crippen LogP contribution >= 0.6 is 0 Å². The van der Waals surface area contributed by atoms with Gasteiger partial charge in [-0.15, -0.1) is 12.3 Å². The van der Waals surface area contributed by atoms with E-state index in [1.54, 1.807) is 0 Å². The van der Waals surface area contributed by atoms with Crippen LogP contribution < -0.4 is 0 Å². The van der Waals surface area contributed by atoms with E-state index >= 15 is 0 Å². The first-order valence-electron chi connectivity index (χ1n) is 5.88. The van der Waals surface area contributed by atoms with Crippen molar-refractivity contribution in [3.63, 3.8) is 0 Å². The van der Waals surface area contributed by atoms with Crippen molar-refractivity contribution in [2.24, 2.45) is 0 Å². The van der Waals surface area contributed by atoms with Crippen LogP contribution in [0.15, 0.2) is 42.5 Å². The second-order valence-electron chi connectivity index (χ2n) is 4.20. The zero-order chi connectivity index (χ0) is 13.0. The Morgan fingerprint density at radius 3 is 2.67 bits per heavy atom. The van der Waals surface area contributed by atoms with Crippen LogP contribution in [0.25, 0.3) is 10.8 Å². The van der Waals surface area contributed by atoms with Crippen LogP contribution in [-0.4, -0.2) is 11.1 Å². The molecule has 0 saturated carbocycles. The van der Waals surface area contributed by atoms with E-state index in [0.29, 0.717) is 12.8 Å². The number of carboxylic acid groups (broad SMARTS) is 1. The maximum Gasteiger partial charge on any atom is 0.311 e. The van der Waals surface area contributed by atoms with Crippen LogP contribution in [0.5, 0.6) is 0 Å². The van der Waals surface area contributed by atoms with Crippen LogP contribution in [0.3, 0.4) is 0 Å². The Bertz CT molecular complexity index is 603. The topological polar surface area (TPSA) is 37.3 Å². The van der Waals surface area contributed by atoms with Gasteiger partial charge in [0.1, 0.15) is 0 Å². The van der Waals surface area contributed by atoms with E-state index < -0.39 is 11.9 Å². The third-order valence-corrected chi connectivity index (χ3v) is 3.07. The zero-order valence-electron chi connectivity index (χ0n) is 9.97. The van der Waals surface area contributed by atoms with E-state index in [0.717, 1.165) is 16.3 Å². The summed E-state index contributed by atoms with van der Waals surface area (Å²) < 4.78 is 0. The normalized spacial score (nSPS) is 11.9. The highest BCUT2D eigenvalue weighted by atomic mass is 16.4. The molecule has 2 aromatic carbocycles. The molecule has 2 rings (SSSR count). The minimum atomic E-state index is -0.818. The number of benzene rings is 2. The van der Waals surface area contributed by atoms with E-state index in [9.17, 15) is 9.90 Å². The van der Waals surface area contributed by atoms with E-state index in [4.69, 9.17) is 6.42 Å². The second kappa shape index (κ2) is 5.37. The molecule has 0 aromatic heterocycles. The van der Waals surface area contributed by atoms with Gasteiger partial charge in [0, 0.05) is 6.42 Å². The molecule has 0 heterocycles. The van der Waals surface area contributed by atoms with Gasteiger partial charge in [0.05, 0.1) is 5.92 Å². The Morgan fingerprint density at radius 2 is 1.94 bits per heavy atom. The number of fused-ring (bicyclic) bond motifs is 1. The fraction of sp³-hybridized carbons (Fsp3) is 0.188. The average Bonchev–Trinajstić information content (AvgIpc) is 2.39. The van der Waals surface area contributed by atoms with E-state index in [1.807, 2.05) is 42.5 Å². The third kappa shape index (κ3) is 2.36. The van der Waals surface area contributed by atoms with Crippen LogP contribution in [0, 0.1) is 12.3 Å². The molecule has 18 heavy (non-hydrogen) atoms. The molecule has 1 atom stereocenters. The molecule has 90 valence electrons. The van der Waals surface area contributed by atoms with Gasteiger partial charge in [-0.2, -0.15) is 0 Å². The summed E-state index contributed by atoms with van der Waals surface area (Å²) in [5.41, 5.74) is 0.843. The Balaban J connectivity index is 2.50. The van der Waals surface area contributed by atoms with Gasteiger partial charge in [0.2, 0.25) is 0 Å². The van der Waals surface area contributed by atoms with Gasteiger partial charge in [-0.3, -0.25) is 4.79 Å². The lowest BCUT2D eigenvalue weighted by molar-refractivity contribution is -0.138. The Hall–Kier alpha value is -2.27. The van der Waals surface area contributed by atoms with E-state index in [-0.39, 0.29) is 0 Å². The highest BCUT2D eigenvalue weighted by Gasteiger charge is 2.20. The molecule has 0 aliphatic carbocycles. The molecule has 0 unspecified atom stereocenters. The number of carboxylic acids is 1. The predicted octanol–water partition coefficient (Wildman–Crippen LogP) is 3.42. The summed E-state index contributed by atoms with van der Waals surface area (Å²) >= 11 is 0. The molecule has 2 nitrogen and oxygen atoms in total. The first-order valence-corrected chi connectivity index (χ1v) is 5.88. The number of hydrogen-bond acceptors (Lipinski definition) is 1. The molecule has 0 aliphatic rings. The number of terminal acetylenes is 1. The summed E-state index contributed by atoms with van der Waals surface area (Å²) in [6, 6.07) is 13.6. The average molecular weight is 238 g/mol. The molecule has 0 spiro atoms. The largest absolute Gasteiger partial charge is 0.481 e. The van der Waals surface area contributed by atoms with Gasteiger partial charge >= 0.3 is 5.97 Å². The van der Waals surface area contributed by atoms with E-state index in [1.165, 1.54) is 0 Å². The monoisotopic (exact) mass is 238 g/mol. The molecule has 1 N–H and O–H groups in total. The lowest BCUT2D eigenvalue weighted by atomic mass is 9.90. The number of hydrogen-bond donors (Lipinski definition) is 1. The number of rotatable bonds is 4. The third-order valence-electron chi connectivity index (χ3n) is 3.07. The van der Waals surface area contributed by atoms with Gasteiger partial charge in [-0.05, 0) is 22.8 Å². The minimum Gasteiger partial charge on any atom is -0.481 e. The molecule has 0 aliphatic heterocycles. The summed E-state index contributed by atoms with van der Waals surface area (Å²) in [5, 5.41) is 11.4. The maximum absolute atomic E-state index is 11.4. The number of carbonyl (C=O) groups is 1. The van der Waals surface area contributed by atoms with Crippen molar-refractivity contribution in [1.29, 1.82) is 0 Å². The molecule has 2 aromatic rings. The van der Waals surface area contributed by atoms with Gasteiger partial charge in [-0.25, -0.2) is 0 Å². The molecule has 0 fully saturated rings. The first kappa shape index (κ1) is 12.2. The fourth-order valence-corrected chi connectivity index (χ4v) is 2.19. The van der Waals surface area contributed by atoms with Crippen molar-refractivity contribution in [3.8, 4) is 12.3 Å². The SMILES string of the molecule is C#CCC[C@H](C(=O)O)c1cccc2ccccc12. The molecule has 0 amide bonds. The fourth-order valence-electron chi connectivity index (χ4n) is 2.19. The van der Waals surface area contributed by atoms with E-state index in [2.05, 4.69) is 5.92 Å². The van der Waals surface area contributed by atoms with Crippen LogP contribution in [0.2, 0.25) is 0 Å². The quantitative estimate of drug-likeness (QED) is 0.829. The van der Waals surface area contributed by atoms with Crippen molar-refractivity contribution in [3.05, 3.63) is 48.0 Å². The first-order chi connectivity index (χ1) is 8.74. The van der Waals surface area contributed by atoms with Gasteiger partial charge in [-0.1, -0.05) is 42.5 Å². The van der Waals surface area contributed by atoms with Gasteiger partial charge < -0.3 is 5.11 Å². The van der Waals surface area contributed by atoms with Gasteiger partial charge in [0.15, 0.2) is 0 Å². The van der Waals surface area contributed by atoms with Crippen molar-refractivity contribution in [1.82, 2.24) is 0 Å². The minimum absolute atomic E-state index is 0.472. The Kier molecular flexibility index (Phi) is 3.64. The van der Waals surface area contributed by atoms with Crippen molar-refractivity contribution < 1.29 is 9.90 Å². The van der Waals surface area contributed by atoms with Crippen molar-refractivity contribution in [2.75, 3.05) is 0 Å². The summed E-state index contributed by atoms with van der Waals surface area (Å²) in [5.74, 6) is 1.15. The highest BCUT2D eigenvalue weighted by Crippen LogP contribution is 2.28. The Morgan fingerprint density at radius 1 is 1.22 bits per heavy atom. The summed E-state index contributed by atoms with van der Waals surface area (Å²) in [4.78, 5) is 11.4. The van der Waals surface area contributed by atoms with Gasteiger partial charge in [0.25, 0.3) is 0 Å². The van der Waals surface area contributed by atoms with Crippen molar-refractivity contribution in [2.45, 2.75) is 18.8 Å². The Labute approximate surface area is 106 Å². The lowest BCUT2D eigenvalue weighted by Gasteiger charge is -2.14. The van der Waals surface area contributed by atoms with Crippen LogP contribution in [0.1, 0.15) is 24.3 Å². The molecule has 0 radical (unpaired) electrons. The van der Waals surface area contributed by atoms with Crippen LogP contribution in [-0.2, 0) is 4.79 Å². The lowest BCUT2D eigenvalue weighted by Crippen LogP contribution is -2.11. The maximum atomic E-state index is 11.4. The molecular weight excluding hydrogens is 224 g/mol.